The van der Waals surface area contributed by atoms with Gasteiger partial charge in [-0.2, -0.15) is 0 Å². The highest BCUT2D eigenvalue weighted by molar-refractivity contribution is 7.91. The number of H-pyrrole nitrogens is 1. The van der Waals surface area contributed by atoms with Gasteiger partial charge < -0.3 is 14.6 Å². The maximum Gasteiger partial charge on any atom is 0.338 e. The van der Waals surface area contributed by atoms with Crippen LogP contribution in [-0.4, -0.2) is 60.4 Å². The molecule has 1 aromatic carbocycles. The molecule has 2 atom stereocenters. The standard InChI is InChI=1S/C20H26N2O5S/c1-5-22(16-8-9-28(25,26)11-16)19(23)14(4)27-20(24)15-6-7-18-17(10-15)12(2)13(3)21-18/h6-7,10,14,16,21H,5,8-9,11H2,1-4H3/t14-,16-/m0/s1. The van der Waals surface area contributed by atoms with E-state index in [9.17, 15) is 18.0 Å². The van der Waals surface area contributed by atoms with Gasteiger partial charge in [-0.25, -0.2) is 13.2 Å². The number of aromatic amines is 1. The van der Waals surface area contributed by atoms with Gasteiger partial charge in [0.1, 0.15) is 0 Å². The Kier molecular flexibility index (Phi) is 5.52. The second-order valence-electron chi connectivity index (χ2n) is 7.36. The Bertz CT molecular complexity index is 1020. The predicted molar refractivity (Wildman–Crippen MR) is 107 cm³/mol. The van der Waals surface area contributed by atoms with Gasteiger partial charge in [0.2, 0.25) is 0 Å². The highest BCUT2D eigenvalue weighted by Crippen LogP contribution is 2.23. The molecule has 28 heavy (non-hydrogen) atoms. The molecule has 7 nitrogen and oxygen atoms in total. The Hall–Kier alpha value is -2.35. The molecule has 2 aromatic rings. The molecule has 1 aliphatic heterocycles. The van der Waals surface area contributed by atoms with Crippen LogP contribution < -0.4 is 0 Å². The van der Waals surface area contributed by atoms with Gasteiger partial charge >= 0.3 is 5.97 Å². The number of hydrogen-bond acceptors (Lipinski definition) is 5. The Morgan fingerprint density at radius 3 is 2.64 bits per heavy atom. The van der Waals surface area contributed by atoms with Crippen molar-refractivity contribution in [2.75, 3.05) is 18.1 Å². The number of nitrogens with zero attached hydrogens (tertiary/aromatic N) is 1. The quantitative estimate of drug-likeness (QED) is 0.769. The number of carbonyl (C=O) groups is 2. The largest absolute Gasteiger partial charge is 0.449 e. The van der Waals surface area contributed by atoms with Crippen LogP contribution in [0.3, 0.4) is 0 Å². The van der Waals surface area contributed by atoms with E-state index in [0.717, 1.165) is 22.2 Å². The van der Waals surface area contributed by atoms with Gasteiger partial charge in [-0.05, 0) is 57.9 Å². The highest BCUT2D eigenvalue weighted by atomic mass is 32.2. The van der Waals surface area contributed by atoms with Gasteiger partial charge in [-0.15, -0.1) is 0 Å². The average molecular weight is 407 g/mol. The summed E-state index contributed by atoms with van der Waals surface area (Å²) in [5.41, 5.74) is 3.42. The van der Waals surface area contributed by atoms with Crippen molar-refractivity contribution in [2.24, 2.45) is 0 Å². The summed E-state index contributed by atoms with van der Waals surface area (Å²) >= 11 is 0. The molecule has 1 fully saturated rings. The summed E-state index contributed by atoms with van der Waals surface area (Å²) in [6.45, 7) is 7.63. The van der Waals surface area contributed by atoms with Gasteiger partial charge in [0.25, 0.3) is 5.91 Å². The van der Waals surface area contributed by atoms with Crippen LogP contribution in [0.1, 0.15) is 41.9 Å². The monoisotopic (exact) mass is 406 g/mol. The molecule has 2 heterocycles. The summed E-state index contributed by atoms with van der Waals surface area (Å²) in [5, 5.41) is 0.942. The second-order valence-corrected chi connectivity index (χ2v) is 9.59. The van der Waals surface area contributed by atoms with Crippen LogP contribution in [0.25, 0.3) is 10.9 Å². The summed E-state index contributed by atoms with van der Waals surface area (Å²) in [7, 11) is -3.10. The summed E-state index contributed by atoms with van der Waals surface area (Å²) in [5.74, 6) is -0.884. The number of nitrogens with one attached hydrogen (secondary N) is 1. The number of fused-ring (bicyclic) bond motifs is 1. The third-order valence-corrected chi connectivity index (χ3v) is 7.20. The molecule has 0 aliphatic carbocycles. The Morgan fingerprint density at radius 1 is 1.32 bits per heavy atom. The topological polar surface area (TPSA) is 96.5 Å². The zero-order valence-corrected chi connectivity index (χ0v) is 17.4. The fraction of sp³-hybridized carbons (Fsp3) is 0.500. The normalized spacial score (nSPS) is 19.5. The maximum absolute atomic E-state index is 12.8. The third kappa shape index (κ3) is 3.92. The first kappa shape index (κ1) is 20.4. The van der Waals surface area contributed by atoms with E-state index in [0.29, 0.717) is 18.5 Å². The molecule has 152 valence electrons. The van der Waals surface area contributed by atoms with Crippen molar-refractivity contribution >= 4 is 32.6 Å². The fourth-order valence-corrected chi connectivity index (χ4v) is 5.45. The van der Waals surface area contributed by atoms with E-state index < -0.39 is 21.9 Å². The summed E-state index contributed by atoms with van der Waals surface area (Å²) in [4.78, 5) is 30.1. The van der Waals surface area contributed by atoms with Gasteiger partial charge in [0.15, 0.2) is 15.9 Å². The number of benzene rings is 1. The Balaban J connectivity index is 1.72. The molecule has 0 unspecified atom stereocenters. The lowest BCUT2D eigenvalue weighted by molar-refractivity contribution is -0.141. The first-order valence-electron chi connectivity index (χ1n) is 9.43. The maximum atomic E-state index is 12.8. The summed E-state index contributed by atoms with van der Waals surface area (Å²) < 4.78 is 28.9. The molecule has 1 amide bonds. The number of amides is 1. The number of likely N-dealkylation sites (N-methyl/N-ethyl adjacent to an activating group) is 1. The summed E-state index contributed by atoms with van der Waals surface area (Å²) in [6.07, 6.45) is -0.564. The first-order valence-corrected chi connectivity index (χ1v) is 11.3. The predicted octanol–water partition coefficient (Wildman–Crippen LogP) is 2.37. The number of hydrogen-bond donors (Lipinski definition) is 1. The van der Waals surface area contributed by atoms with Crippen LogP contribution in [-0.2, 0) is 19.4 Å². The van der Waals surface area contributed by atoms with Crippen molar-refractivity contribution < 1.29 is 22.7 Å². The number of aromatic nitrogens is 1. The van der Waals surface area contributed by atoms with Crippen molar-refractivity contribution in [2.45, 2.75) is 46.3 Å². The number of ether oxygens (including phenoxy) is 1. The minimum absolute atomic E-state index is 0.0317. The molecule has 1 N–H and O–H groups in total. The van der Waals surface area contributed by atoms with Gasteiger partial charge in [-0.1, -0.05) is 0 Å². The number of sulfone groups is 1. The minimum atomic E-state index is -3.10. The van der Waals surface area contributed by atoms with E-state index in [1.807, 2.05) is 19.9 Å². The van der Waals surface area contributed by atoms with E-state index in [2.05, 4.69) is 4.98 Å². The molecule has 1 saturated heterocycles. The van der Waals surface area contributed by atoms with Gasteiger partial charge in [-0.3, -0.25) is 4.79 Å². The Labute approximate surface area is 165 Å². The van der Waals surface area contributed by atoms with E-state index in [1.54, 1.807) is 19.1 Å². The fourth-order valence-electron chi connectivity index (χ4n) is 3.72. The SMILES string of the molecule is CCN(C(=O)[C@H](C)OC(=O)c1ccc2[nH]c(C)c(C)c2c1)[C@H]1CCS(=O)(=O)C1. The smallest absolute Gasteiger partial charge is 0.338 e. The molecule has 8 heteroatoms. The van der Waals surface area contributed by atoms with Gasteiger partial charge in [0.05, 0.1) is 17.1 Å². The van der Waals surface area contributed by atoms with Crippen molar-refractivity contribution in [3.63, 3.8) is 0 Å². The molecule has 0 bridgehead atoms. The molecular formula is C20H26N2O5S. The lowest BCUT2D eigenvalue weighted by Gasteiger charge is -2.29. The lowest BCUT2D eigenvalue weighted by atomic mass is 10.1. The molecule has 0 saturated carbocycles. The zero-order valence-electron chi connectivity index (χ0n) is 16.6. The van der Waals surface area contributed by atoms with E-state index in [4.69, 9.17) is 4.74 Å². The number of carbonyl (C=O) groups excluding carboxylic acids is 2. The first-order chi connectivity index (χ1) is 13.1. The van der Waals surface area contributed by atoms with Crippen molar-refractivity contribution in [1.82, 2.24) is 9.88 Å². The number of rotatable bonds is 5. The van der Waals surface area contributed by atoms with Crippen LogP contribution in [0.4, 0.5) is 0 Å². The number of esters is 1. The molecule has 1 aliphatic rings. The molecule has 3 rings (SSSR count). The van der Waals surface area contributed by atoms with Crippen molar-refractivity contribution in [3.05, 3.63) is 35.0 Å². The second kappa shape index (κ2) is 7.58. The van der Waals surface area contributed by atoms with Crippen molar-refractivity contribution in [1.29, 1.82) is 0 Å². The molecule has 0 radical (unpaired) electrons. The average Bonchev–Trinajstić information content (AvgIpc) is 3.14. The molecule has 1 aromatic heterocycles. The lowest BCUT2D eigenvalue weighted by Crippen LogP contribution is -2.46. The van der Waals surface area contributed by atoms with E-state index >= 15 is 0 Å². The van der Waals surface area contributed by atoms with Crippen molar-refractivity contribution in [3.8, 4) is 0 Å². The molecule has 0 spiro atoms. The van der Waals surface area contributed by atoms with Crippen LogP contribution in [0.15, 0.2) is 18.2 Å². The minimum Gasteiger partial charge on any atom is -0.449 e. The van der Waals surface area contributed by atoms with Crippen LogP contribution in [0, 0.1) is 13.8 Å². The zero-order chi connectivity index (χ0) is 20.6. The van der Waals surface area contributed by atoms with E-state index in [1.165, 1.54) is 11.8 Å². The number of aryl methyl sites for hydroxylation is 2. The van der Waals surface area contributed by atoms with Crippen LogP contribution in [0.2, 0.25) is 0 Å². The Morgan fingerprint density at radius 2 is 2.04 bits per heavy atom. The third-order valence-electron chi connectivity index (χ3n) is 5.45. The van der Waals surface area contributed by atoms with Crippen LogP contribution in [0.5, 0.6) is 0 Å². The van der Waals surface area contributed by atoms with Crippen LogP contribution >= 0.6 is 0 Å². The van der Waals surface area contributed by atoms with E-state index in [-0.39, 0.29) is 23.5 Å². The molecular weight excluding hydrogens is 380 g/mol. The summed E-state index contributed by atoms with van der Waals surface area (Å²) in [6, 6.07) is 4.89. The van der Waals surface area contributed by atoms with Gasteiger partial charge in [0, 0.05) is 29.2 Å². The highest BCUT2D eigenvalue weighted by Gasteiger charge is 2.36.